The van der Waals surface area contributed by atoms with Crippen molar-refractivity contribution < 1.29 is 4.79 Å². The van der Waals surface area contributed by atoms with Crippen LogP contribution in [0.3, 0.4) is 0 Å². The number of ketones is 1. The van der Waals surface area contributed by atoms with E-state index in [1.165, 1.54) is 0 Å². The number of hydrogen-bond acceptors (Lipinski definition) is 2. The molecular weight excluding hydrogens is 186 g/mol. The number of piperidine rings is 1. The molecule has 0 atom stereocenters. The summed E-state index contributed by atoms with van der Waals surface area (Å²) in [5.41, 5.74) is 2.03. The van der Waals surface area contributed by atoms with Crippen LogP contribution in [-0.2, 0) is 4.79 Å². The van der Waals surface area contributed by atoms with E-state index in [2.05, 4.69) is 4.90 Å². The molecule has 0 amide bonds. The van der Waals surface area contributed by atoms with E-state index in [1.54, 1.807) is 0 Å². The minimum Gasteiger partial charge on any atom is -0.302 e. The Morgan fingerprint density at radius 3 is 2.73 bits per heavy atom. The van der Waals surface area contributed by atoms with E-state index in [-0.39, 0.29) is 5.78 Å². The second-order valence-electron chi connectivity index (χ2n) is 3.99. The monoisotopic (exact) mass is 201 g/mol. The maximum absolute atomic E-state index is 11.6. The standard InChI is InChI=1S/C13H15NO/c1-14-8-7-13(15)12(10-14)9-11-5-3-2-4-6-11/h2-6,9H,7-8,10H2,1H3/b12-9+. The summed E-state index contributed by atoms with van der Waals surface area (Å²) in [4.78, 5) is 13.8. The van der Waals surface area contributed by atoms with Gasteiger partial charge in [0.05, 0.1) is 0 Å². The van der Waals surface area contributed by atoms with Gasteiger partial charge in [-0.05, 0) is 18.7 Å². The van der Waals surface area contributed by atoms with Crippen molar-refractivity contribution in [2.24, 2.45) is 0 Å². The van der Waals surface area contributed by atoms with Crippen LogP contribution in [0.25, 0.3) is 6.08 Å². The molecule has 1 aliphatic rings. The molecule has 1 fully saturated rings. The summed E-state index contributed by atoms with van der Waals surface area (Å²) in [6.45, 7) is 1.65. The van der Waals surface area contributed by atoms with Crippen LogP contribution in [0.15, 0.2) is 35.9 Å². The van der Waals surface area contributed by atoms with E-state index in [4.69, 9.17) is 0 Å². The fourth-order valence-corrected chi connectivity index (χ4v) is 1.79. The molecule has 2 rings (SSSR count). The molecule has 1 aromatic carbocycles. The summed E-state index contributed by atoms with van der Waals surface area (Å²) >= 11 is 0. The number of Topliss-reactive ketones (excluding diaryl/α,β-unsaturated/α-hetero) is 1. The van der Waals surface area contributed by atoms with Gasteiger partial charge in [-0.25, -0.2) is 0 Å². The fourth-order valence-electron chi connectivity index (χ4n) is 1.79. The molecule has 2 heteroatoms. The predicted octanol–water partition coefficient (Wildman–Crippen LogP) is 1.97. The molecule has 1 aliphatic heterocycles. The molecule has 0 unspecified atom stereocenters. The van der Waals surface area contributed by atoms with Gasteiger partial charge in [-0.15, -0.1) is 0 Å². The van der Waals surface area contributed by atoms with Gasteiger partial charge >= 0.3 is 0 Å². The predicted molar refractivity (Wildman–Crippen MR) is 61.5 cm³/mol. The minimum absolute atomic E-state index is 0.289. The molecule has 0 radical (unpaired) electrons. The van der Waals surface area contributed by atoms with Crippen molar-refractivity contribution in [3.63, 3.8) is 0 Å². The molecule has 2 nitrogen and oxygen atoms in total. The molecule has 0 N–H and O–H groups in total. The lowest BCUT2D eigenvalue weighted by molar-refractivity contribution is -0.117. The topological polar surface area (TPSA) is 20.3 Å². The highest BCUT2D eigenvalue weighted by Gasteiger charge is 2.18. The third-order valence-electron chi connectivity index (χ3n) is 2.66. The number of hydrogen-bond donors (Lipinski definition) is 0. The molecule has 0 aromatic heterocycles. The molecule has 1 aromatic rings. The molecule has 0 spiro atoms. The lowest BCUT2D eigenvalue weighted by atomic mass is 10.0. The molecule has 15 heavy (non-hydrogen) atoms. The van der Waals surface area contributed by atoms with E-state index in [1.807, 2.05) is 43.5 Å². The molecule has 0 saturated carbocycles. The largest absolute Gasteiger partial charge is 0.302 e. The zero-order valence-corrected chi connectivity index (χ0v) is 8.94. The van der Waals surface area contributed by atoms with Gasteiger partial charge in [-0.3, -0.25) is 4.79 Å². The van der Waals surface area contributed by atoms with Crippen molar-refractivity contribution in [1.82, 2.24) is 4.90 Å². The normalized spacial score (nSPS) is 20.9. The molecule has 1 saturated heterocycles. The maximum atomic E-state index is 11.6. The average Bonchev–Trinajstić information content (AvgIpc) is 2.25. The fraction of sp³-hybridized carbons (Fsp3) is 0.308. The number of likely N-dealkylation sites (N-methyl/N-ethyl adjacent to an activating group) is 1. The maximum Gasteiger partial charge on any atom is 0.161 e. The van der Waals surface area contributed by atoms with Crippen molar-refractivity contribution in [3.05, 3.63) is 41.5 Å². The third kappa shape index (κ3) is 2.54. The van der Waals surface area contributed by atoms with Crippen molar-refractivity contribution in [2.75, 3.05) is 20.1 Å². The van der Waals surface area contributed by atoms with Gasteiger partial charge in [-0.2, -0.15) is 0 Å². The van der Waals surface area contributed by atoms with Crippen LogP contribution in [0.5, 0.6) is 0 Å². The van der Waals surface area contributed by atoms with E-state index < -0.39 is 0 Å². The second kappa shape index (κ2) is 4.41. The number of nitrogens with zero attached hydrogens (tertiary/aromatic N) is 1. The van der Waals surface area contributed by atoms with Gasteiger partial charge in [0, 0.05) is 25.1 Å². The van der Waals surface area contributed by atoms with E-state index in [0.717, 1.165) is 24.2 Å². The van der Waals surface area contributed by atoms with Gasteiger partial charge < -0.3 is 4.90 Å². The lowest BCUT2D eigenvalue weighted by Gasteiger charge is -2.23. The van der Waals surface area contributed by atoms with Crippen molar-refractivity contribution in [3.8, 4) is 0 Å². The lowest BCUT2D eigenvalue weighted by Crippen LogP contribution is -2.32. The first-order valence-corrected chi connectivity index (χ1v) is 5.23. The number of likely N-dealkylation sites (tertiary alicyclic amines) is 1. The highest BCUT2D eigenvalue weighted by atomic mass is 16.1. The molecule has 0 aliphatic carbocycles. The van der Waals surface area contributed by atoms with Gasteiger partial charge in [0.1, 0.15) is 0 Å². The summed E-state index contributed by atoms with van der Waals surface area (Å²) in [6, 6.07) is 10.0. The van der Waals surface area contributed by atoms with Gasteiger partial charge in [0.25, 0.3) is 0 Å². The first-order chi connectivity index (χ1) is 7.25. The van der Waals surface area contributed by atoms with Crippen LogP contribution in [0.4, 0.5) is 0 Å². The van der Waals surface area contributed by atoms with Gasteiger partial charge in [0.2, 0.25) is 0 Å². The number of benzene rings is 1. The van der Waals surface area contributed by atoms with Crippen LogP contribution >= 0.6 is 0 Å². The summed E-state index contributed by atoms with van der Waals surface area (Å²) in [5, 5.41) is 0. The van der Waals surface area contributed by atoms with Crippen LogP contribution in [-0.4, -0.2) is 30.8 Å². The molecular formula is C13H15NO. The smallest absolute Gasteiger partial charge is 0.161 e. The van der Waals surface area contributed by atoms with E-state index in [9.17, 15) is 4.79 Å². The summed E-state index contributed by atoms with van der Waals surface area (Å²) in [6.07, 6.45) is 2.65. The zero-order chi connectivity index (χ0) is 10.7. The van der Waals surface area contributed by atoms with Crippen LogP contribution in [0.2, 0.25) is 0 Å². The summed E-state index contributed by atoms with van der Waals surface area (Å²) in [5.74, 6) is 0.289. The first kappa shape index (κ1) is 10.1. The average molecular weight is 201 g/mol. The Labute approximate surface area is 90.2 Å². The quantitative estimate of drug-likeness (QED) is 0.647. The Hall–Kier alpha value is -1.41. The Bertz CT molecular complexity index is 381. The van der Waals surface area contributed by atoms with Crippen LogP contribution in [0, 0.1) is 0 Å². The summed E-state index contributed by atoms with van der Waals surface area (Å²) in [7, 11) is 2.05. The zero-order valence-electron chi connectivity index (χ0n) is 8.94. The first-order valence-electron chi connectivity index (χ1n) is 5.23. The van der Waals surface area contributed by atoms with Gasteiger partial charge in [-0.1, -0.05) is 30.3 Å². The summed E-state index contributed by atoms with van der Waals surface area (Å²) < 4.78 is 0. The minimum atomic E-state index is 0.289. The molecule has 0 bridgehead atoms. The number of rotatable bonds is 1. The molecule has 78 valence electrons. The highest BCUT2D eigenvalue weighted by molar-refractivity contribution is 6.00. The van der Waals surface area contributed by atoms with Gasteiger partial charge in [0.15, 0.2) is 5.78 Å². The SMILES string of the molecule is CN1CCC(=O)/C(=C/c2ccccc2)C1. The van der Waals surface area contributed by atoms with Crippen molar-refractivity contribution in [2.45, 2.75) is 6.42 Å². The molecule has 1 heterocycles. The highest BCUT2D eigenvalue weighted by Crippen LogP contribution is 2.14. The van der Waals surface area contributed by atoms with Crippen LogP contribution < -0.4 is 0 Å². The Morgan fingerprint density at radius 2 is 2.00 bits per heavy atom. The van der Waals surface area contributed by atoms with Crippen molar-refractivity contribution >= 4 is 11.9 Å². The second-order valence-corrected chi connectivity index (χ2v) is 3.99. The van der Waals surface area contributed by atoms with Crippen LogP contribution in [0.1, 0.15) is 12.0 Å². The third-order valence-corrected chi connectivity index (χ3v) is 2.66. The van der Waals surface area contributed by atoms with E-state index in [0.29, 0.717) is 6.42 Å². The Balaban J connectivity index is 2.22. The number of carbonyl (C=O) groups excluding carboxylic acids is 1. The van der Waals surface area contributed by atoms with E-state index >= 15 is 0 Å². The number of carbonyl (C=O) groups is 1. The Morgan fingerprint density at radius 1 is 1.27 bits per heavy atom. The van der Waals surface area contributed by atoms with Crippen molar-refractivity contribution in [1.29, 1.82) is 0 Å². The Kier molecular flexibility index (Phi) is 2.97.